The van der Waals surface area contributed by atoms with Crippen molar-refractivity contribution >= 4 is 23.6 Å². The zero-order valence-electron chi connectivity index (χ0n) is 15.6. The van der Waals surface area contributed by atoms with Gasteiger partial charge in [-0.05, 0) is 38.2 Å². The van der Waals surface area contributed by atoms with Crippen molar-refractivity contribution in [2.24, 2.45) is 0 Å². The highest BCUT2D eigenvalue weighted by Crippen LogP contribution is 2.15. The Labute approximate surface area is 157 Å². The summed E-state index contributed by atoms with van der Waals surface area (Å²) in [5.41, 5.74) is 1.42. The van der Waals surface area contributed by atoms with E-state index >= 15 is 0 Å². The molecule has 0 bridgehead atoms. The lowest BCUT2D eigenvalue weighted by atomic mass is 10.1. The van der Waals surface area contributed by atoms with Gasteiger partial charge in [0.05, 0.1) is 32.4 Å². The van der Waals surface area contributed by atoms with Gasteiger partial charge in [-0.15, -0.1) is 0 Å². The van der Waals surface area contributed by atoms with Gasteiger partial charge in [0.1, 0.15) is 5.75 Å². The molecule has 1 aliphatic heterocycles. The molecule has 0 radical (unpaired) electrons. The van der Waals surface area contributed by atoms with Crippen LogP contribution in [0.2, 0.25) is 0 Å². The molecule has 0 unspecified atom stereocenters. The van der Waals surface area contributed by atoms with Crippen molar-refractivity contribution in [2.75, 3.05) is 45.7 Å². The molecule has 2 rings (SSSR count). The standard InChI is InChI=1S/C18H24N4O5/c1-4-27-17(24)14-9-19-18(25)21-15(14)10-22(2)11-16(23)20-12-5-7-13(26-3)8-6-12/h5-8H,4,9-11H2,1-3H3,(H,20,23)(H2,19,21,25). The molecule has 1 aliphatic rings. The molecule has 0 spiro atoms. The molecule has 27 heavy (non-hydrogen) atoms. The summed E-state index contributed by atoms with van der Waals surface area (Å²) in [6.07, 6.45) is 0. The minimum absolute atomic E-state index is 0.0783. The number of ether oxygens (including phenoxy) is 2. The number of benzene rings is 1. The molecule has 1 heterocycles. The van der Waals surface area contributed by atoms with Crippen LogP contribution in [0, 0.1) is 0 Å². The highest BCUT2D eigenvalue weighted by atomic mass is 16.5. The summed E-state index contributed by atoms with van der Waals surface area (Å²) in [5.74, 6) is -0.0116. The number of nitrogens with one attached hydrogen (secondary N) is 3. The maximum atomic E-state index is 12.2. The van der Waals surface area contributed by atoms with Crippen LogP contribution in [0.3, 0.4) is 0 Å². The number of nitrogens with zero attached hydrogens (tertiary/aromatic N) is 1. The van der Waals surface area contributed by atoms with E-state index in [4.69, 9.17) is 9.47 Å². The van der Waals surface area contributed by atoms with Crippen molar-refractivity contribution < 1.29 is 23.9 Å². The Kier molecular flexibility index (Phi) is 7.18. The Morgan fingerprint density at radius 2 is 1.96 bits per heavy atom. The Balaban J connectivity index is 1.96. The monoisotopic (exact) mass is 376 g/mol. The molecule has 0 aromatic heterocycles. The molecule has 9 nitrogen and oxygen atoms in total. The second-order valence-corrected chi connectivity index (χ2v) is 5.93. The van der Waals surface area contributed by atoms with Crippen LogP contribution in [0.25, 0.3) is 0 Å². The van der Waals surface area contributed by atoms with E-state index in [1.165, 1.54) is 0 Å². The van der Waals surface area contributed by atoms with Crippen molar-refractivity contribution in [3.63, 3.8) is 0 Å². The van der Waals surface area contributed by atoms with Crippen molar-refractivity contribution in [1.82, 2.24) is 15.5 Å². The number of carbonyl (C=O) groups excluding carboxylic acids is 3. The molecule has 0 fully saturated rings. The van der Waals surface area contributed by atoms with Gasteiger partial charge in [0.2, 0.25) is 5.91 Å². The third kappa shape index (κ3) is 6.00. The summed E-state index contributed by atoms with van der Waals surface area (Å²) in [4.78, 5) is 37.5. The number of likely N-dealkylation sites (N-methyl/N-ethyl adjacent to an activating group) is 1. The SMILES string of the molecule is CCOC(=O)C1=C(CN(C)CC(=O)Nc2ccc(OC)cc2)NC(=O)NC1. The van der Waals surface area contributed by atoms with Crippen molar-refractivity contribution in [2.45, 2.75) is 6.92 Å². The Morgan fingerprint density at radius 3 is 2.59 bits per heavy atom. The Hall–Kier alpha value is -3.07. The maximum Gasteiger partial charge on any atom is 0.337 e. The molecule has 0 atom stereocenters. The van der Waals surface area contributed by atoms with E-state index in [0.717, 1.165) is 0 Å². The lowest BCUT2D eigenvalue weighted by molar-refractivity contribution is -0.138. The number of carbonyl (C=O) groups is 3. The van der Waals surface area contributed by atoms with E-state index in [2.05, 4.69) is 16.0 Å². The van der Waals surface area contributed by atoms with Crippen LogP contribution in [0.4, 0.5) is 10.5 Å². The van der Waals surface area contributed by atoms with Crippen LogP contribution in [0.5, 0.6) is 5.75 Å². The summed E-state index contributed by atoms with van der Waals surface area (Å²) in [5, 5.41) is 7.94. The van der Waals surface area contributed by atoms with E-state index in [1.54, 1.807) is 50.2 Å². The zero-order chi connectivity index (χ0) is 19.8. The Bertz CT molecular complexity index is 730. The number of anilines is 1. The molecule has 0 aliphatic carbocycles. The highest BCUT2D eigenvalue weighted by Gasteiger charge is 2.24. The van der Waals surface area contributed by atoms with Crippen LogP contribution in [-0.2, 0) is 14.3 Å². The lowest BCUT2D eigenvalue weighted by Gasteiger charge is -2.25. The van der Waals surface area contributed by atoms with Gasteiger partial charge >= 0.3 is 12.0 Å². The summed E-state index contributed by atoms with van der Waals surface area (Å²) < 4.78 is 10.1. The fourth-order valence-electron chi connectivity index (χ4n) is 2.53. The lowest BCUT2D eigenvalue weighted by Crippen LogP contribution is -2.47. The maximum absolute atomic E-state index is 12.2. The molecule has 1 aromatic rings. The number of hydrogen-bond acceptors (Lipinski definition) is 6. The first-order valence-electron chi connectivity index (χ1n) is 8.49. The first kappa shape index (κ1) is 20.2. The van der Waals surface area contributed by atoms with Crippen molar-refractivity contribution in [3.8, 4) is 5.75 Å². The van der Waals surface area contributed by atoms with E-state index in [0.29, 0.717) is 22.7 Å². The largest absolute Gasteiger partial charge is 0.497 e. The second kappa shape index (κ2) is 9.58. The average Bonchev–Trinajstić information content (AvgIpc) is 2.62. The van der Waals surface area contributed by atoms with Crippen LogP contribution in [0.1, 0.15) is 6.92 Å². The molecule has 0 saturated carbocycles. The van der Waals surface area contributed by atoms with Gasteiger partial charge in [0.15, 0.2) is 0 Å². The van der Waals surface area contributed by atoms with Gasteiger partial charge in [-0.2, -0.15) is 0 Å². The van der Waals surface area contributed by atoms with Gasteiger partial charge in [-0.1, -0.05) is 0 Å². The molecular weight excluding hydrogens is 352 g/mol. The number of hydrogen-bond donors (Lipinski definition) is 3. The summed E-state index contributed by atoms with van der Waals surface area (Å²) >= 11 is 0. The predicted octanol–water partition coefficient (Wildman–Crippen LogP) is 0.695. The zero-order valence-corrected chi connectivity index (χ0v) is 15.6. The van der Waals surface area contributed by atoms with Crippen molar-refractivity contribution in [3.05, 3.63) is 35.5 Å². The van der Waals surface area contributed by atoms with Crippen LogP contribution >= 0.6 is 0 Å². The summed E-state index contributed by atoms with van der Waals surface area (Å²) in [6.45, 7) is 2.34. The molecule has 146 valence electrons. The predicted molar refractivity (Wildman–Crippen MR) is 99.3 cm³/mol. The van der Waals surface area contributed by atoms with Gasteiger partial charge in [-0.25, -0.2) is 9.59 Å². The number of amides is 3. The van der Waals surface area contributed by atoms with Gasteiger partial charge < -0.3 is 25.4 Å². The summed E-state index contributed by atoms with van der Waals surface area (Å²) in [7, 11) is 3.29. The minimum atomic E-state index is -0.490. The first-order valence-corrected chi connectivity index (χ1v) is 8.49. The fraction of sp³-hybridized carbons (Fsp3) is 0.389. The van der Waals surface area contributed by atoms with Gasteiger partial charge in [0.25, 0.3) is 0 Å². The molecular formula is C18H24N4O5. The summed E-state index contributed by atoms with van der Waals surface area (Å²) in [6, 6.07) is 6.59. The number of rotatable bonds is 8. The van der Waals surface area contributed by atoms with E-state index in [-0.39, 0.29) is 32.1 Å². The number of methoxy groups -OCH3 is 1. The average molecular weight is 376 g/mol. The Morgan fingerprint density at radius 1 is 1.26 bits per heavy atom. The number of esters is 1. The highest BCUT2D eigenvalue weighted by molar-refractivity contribution is 5.94. The fourth-order valence-corrected chi connectivity index (χ4v) is 2.53. The van der Waals surface area contributed by atoms with Gasteiger partial charge in [0, 0.05) is 17.9 Å². The molecule has 3 N–H and O–H groups in total. The second-order valence-electron chi connectivity index (χ2n) is 5.93. The van der Waals surface area contributed by atoms with Crippen LogP contribution in [-0.4, -0.2) is 63.2 Å². The third-order valence-electron chi connectivity index (χ3n) is 3.79. The molecule has 9 heteroatoms. The van der Waals surface area contributed by atoms with Gasteiger partial charge in [-0.3, -0.25) is 9.69 Å². The van der Waals surface area contributed by atoms with E-state index in [1.807, 2.05) is 0 Å². The number of urea groups is 1. The van der Waals surface area contributed by atoms with Crippen molar-refractivity contribution in [1.29, 1.82) is 0 Å². The quantitative estimate of drug-likeness (QED) is 0.576. The van der Waals surface area contributed by atoms with Crippen LogP contribution < -0.4 is 20.7 Å². The minimum Gasteiger partial charge on any atom is -0.497 e. The molecule has 0 saturated heterocycles. The smallest absolute Gasteiger partial charge is 0.337 e. The normalized spacial score (nSPS) is 13.7. The van der Waals surface area contributed by atoms with Crippen LogP contribution in [0.15, 0.2) is 35.5 Å². The molecule has 3 amide bonds. The van der Waals surface area contributed by atoms with E-state index in [9.17, 15) is 14.4 Å². The van der Waals surface area contributed by atoms with E-state index < -0.39 is 12.0 Å². The molecule has 1 aromatic carbocycles. The third-order valence-corrected chi connectivity index (χ3v) is 3.79. The topological polar surface area (TPSA) is 109 Å². The first-order chi connectivity index (χ1) is 12.9.